The molecule has 0 radical (unpaired) electrons. The predicted molar refractivity (Wildman–Crippen MR) is 61.9 cm³/mol. The zero-order valence-corrected chi connectivity index (χ0v) is 10.2. The lowest BCUT2D eigenvalue weighted by atomic mass is 9.71. The Labute approximate surface area is 97.6 Å². The molecule has 2 fully saturated rings. The van der Waals surface area contributed by atoms with Crippen LogP contribution in [0, 0.1) is 22.7 Å². The van der Waals surface area contributed by atoms with Gasteiger partial charge in [0, 0.05) is 6.04 Å². The first-order valence-electron chi connectivity index (χ1n) is 6.06. The highest BCUT2D eigenvalue weighted by Gasteiger charge is 2.48. The summed E-state index contributed by atoms with van der Waals surface area (Å²) in [7, 11) is 4.14. The number of piperidine rings is 1. The summed E-state index contributed by atoms with van der Waals surface area (Å²) >= 11 is 0. The van der Waals surface area contributed by atoms with Crippen LogP contribution in [-0.2, 0) is 4.74 Å². The topological polar surface area (TPSA) is 48.3 Å². The highest BCUT2D eigenvalue weighted by molar-refractivity contribution is 5.12. The van der Waals surface area contributed by atoms with Gasteiger partial charge in [-0.2, -0.15) is 5.26 Å². The van der Waals surface area contributed by atoms with Crippen molar-refractivity contribution in [3.05, 3.63) is 0 Å². The van der Waals surface area contributed by atoms with E-state index in [9.17, 15) is 5.26 Å². The molecule has 2 heterocycles. The maximum atomic E-state index is 9.34. The molecule has 1 N–H and O–H groups in total. The maximum absolute atomic E-state index is 9.34. The first kappa shape index (κ1) is 11.8. The first-order chi connectivity index (χ1) is 7.72. The standard InChI is InChI=1S/C12H21N3O/c1-14-11(12(7-13)8-16-9-12)10-3-5-15(2)6-4-10/h10-11,14H,3-6,8-9H2,1-2H3. The third-order valence-electron chi connectivity index (χ3n) is 4.08. The van der Waals surface area contributed by atoms with E-state index in [4.69, 9.17) is 4.74 Å². The minimum absolute atomic E-state index is 0.269. The van der Waals surface area contributed by atoms with Crippen molar-refractivity contribution in [2.75, 3.05) is 40.4 Å². The predicted octanol–water partition coefficient (Wildman–Crippen LogP) is 0.456. The summed E-state index contributed by atoms with van der Waals surface area (Å²) < 4.78 is 5.25. The van der Waals surface area contributed by atoms with E-state index in [0.717, 1.165) is 13.1 Å². The molecular weight excluding hydrogens is 202 g/mol. The van der Waals surface area contributed by atoms with E-state index in [0.29, 0.717) is 25.2 Å². The second-order valence-corrected chi connectivity index (χ2v) is 5.17. The van der Waals surface area contributed by atoms with Crippen LogP contribution in [-0.4, -0.2) is 51.3 Å². The number of likely N-dealkylation sites (tertiary alicyclic amines) is 1. The quantitative estimate of drug-likeness (QED) is 0.755. The number of nitriles is 1. The van der Waals surface area contributed by atoms with Gasteiger partial charge in [0.05, 0.1) is 19.3 Å². The van der Waals surface area contributed by atoms with Crippen molar-refractivity contribution in [2.45, 2.75) is 18.9 Å². The van der Waals surface area contributed by atoms with E-state index in [1.807, 2.05) is 7.05 Å². The van der Waals surface area contributed by atoms with Gasteiger partial charge in [0.15, 0.2) is 0 Å². The van der Waals surface area contributed by atoms with Crippen molar-refractivity contribution in [1.29, 1.82) is 5.26 Å². The van der Waals surface area contributed by atoms with Crippen LogP contribution in [0.25, 0.3) is 0 Å². The molecule has 0 spiro atoms. The van der Waals surface area contributed by atoms with Gasteiger partial charge < -0.3 is 15.0 Å². The zero-order chi connectivity index (χ0) is 11.6. The molecule has 0 bridgehead atoms. The van der Waals surface area contributed by atoms with Crippen LogP contribution in [0.2, 0.25) is 0 Å². The van der Waals surface area contributed by atoms with E-state index in [2.05, 4.69) is 23.3 Å². The van der Waals surface area contributed by atoms with Gasteiger partial charge in [0.2, 0.25) is 0 Å². The SMILES string of the molecule is CNC(C1CCN(C)CC1)C1(C#N)COC1. The highest BCUT2D eigenvalue weighted by atomic mass is 16.5. The second kappa shape index (κ2) is 4.70. The van der Waals surface area contributed by atoms with Crippen LogP contribution in [0.4, 0.5) is 0 Å². The van der Waals surface area contributed by atoms with Gasteiger partial charge in [-0.25, -0.2) is 0 Å². The summed E-state index contributed by atoms with van der Waals surface area (Å²) in [4.78, 5) is 2.36. The van der Waals surface area contributed by atoms with E-state index in [1.54, 1.807) is 0 Å². The molecule has 1 atom stereocenters. The molecule has 1 unspecified atom stereocenters. The number of nitrogens with one attached hydrogen (secondary N) is 1. The van der Waals surface area contributed by atoms with E-state index in [-0.39, 0.29) is 5.41 Å². The summed E-state index contributed by atoms with van der Waals surface area (Å²) in [6.45, 7) is 3.49. The monoisotopic (exact) mass is 223 g/mol. The Morgan fingerprint density at radius 1 is 1.44 bits per heavy atom. The Morgan fingerprint density at radius 3 is 2.44 bits per heavy atom. The third-order valence-corrected chi connectivity index (χ3v) is 4.08. The average molecular weight is 223 g/mol. The molecule has 16 heavy (non-hydrogen) atoms. The number of rotatable bonds is 3. The summed E-state index contributed by atoms with van der Waals surface area (Å²) in [6, 6.07) is 2.76. The van der Waals surface area contributed by atoms with E-state index in [1.165, 1.54) is 12.8 Å². The second-order valence-electron chi connectivity index (χ2n) is 5.17. The molecule has 90 valence electrons. The molecule has 2 aliphatic rings. The lowest BCUT2D eigenvalue weighted by Crippen LogP contribution is -2.59. The van der Waals surface area contributed by atoms with E-state index >= 15 is 0 Å². The van der Waals surface area contributed by atoms with Crippen LogP contribution >= 0.6 is 0 Å². The first-order valence-corrected chi connectivity index (χ1v) is 6.06. The molecule has 0 aromatic heterocycles. The average Bonchev–Trinajstić information content (AvgIpc) is 2.25. The van der Waals surface area contributed by atoms with Gasteiger partial charge in [-0.3, -0.25) is 0 Å². The molecule has 0 aromatic rings. The largest absolute Gasteiger partial charge is 0.378 e. The summed E-state index contributed by atoms with van der Waals surface area (Å²) in [6.07, 6.45) is 2.37. The fourth-order valence-electron chi connectivity index (χ4n) is 2.96. The van der Waals surface area contributed by atoms with Gasteiger partial charge in [0.25, 0.3) is 0 Å². The van der Waals surface area contributed by atoms with Crippen LogP contribution in [0.1, 0.15) is 12.8 Å². The van der Waals surface area contributed by atoms with Crippen molar-refractivity contribution < 1.29 is 4.74 Å². The number of hydrogen-bond acceptors (Lipinski definition) is 4. The summed E-state index contributed by atoms with van der Waals surface area (Å²) in [5, 5.41) is 12.7. The van der Waals surface area contributed by atoms with Gasteiger partial charge in [-0.1, -0.05) is 0 Å². The van der Waals surface area contributed by atoms with Crippen molar-refractivity contribution in [1.82, 2.24) is 10.2 Å². The van der Waals surface area contributed by atoms with Crippen molar-refractivity contribution in [3.63, 3.8) is 0 Å². The number of hydrogen-bond donors (Lipinski definition) is 1. The van der Waals surface area contributed by atoms with Gasteiger partial charge >= 0.3 is 0 Å². The Morgan fingerprint density at radius 2 is 2.06 bits per heavy atom. The van der Waals surface area contributed by atoms with Gasteiger partial charge in [0.1, 0.15) is 5.41 Å². The Bertz CT molecular complexity index is 274. The number of nitrogens with zero attached hydrogens (tertiary/aromatic N) is 2. The fraction of sp³-hybridized carbons (Fsp3) is 0.917. The summed E-state index contributed by atoms with van der Waals surface area (Å²) in [5.41, 5.74) is -0.269. The van der Waals surface area contributed by atoms with Crippen LogP contribution in [0.3, 0.4) is 0 Å². The lowest BCUT2D eigenvalue weighted by Gasteiger charge is -2.46. The third kappa shape index (κ3) is 1.95. The number of ether oxygens (including phenoxy) is 1. The fourth-order valence-corrected chi connectivity index (χ4v) is 2.96. The molecule has 2 saturated heterocycles. The molecule has 0 amide bonds. The molecule has 4 heteroatoms. The van der Waals surface area contributed by atoms with E-state index < -0.39 is 0 Å². The van der Waals surface area contributed by atoms with Gasteiger partial charge in [-0.05, 0) is 45.9 Å². The normalized spacial score (nSPS) is 28.1. The molecule has 2 rings (SSSR count). The summed E-state index contributed by atoms with van der Waals surface area (Å²) in [5.74, 6) is 0.616. The minimum atomic E-state index is -0.269. The molecular formula is C12H21N3O. The Hall–Kier alpha value is -0.630. The smallest absolute Gasteiger partial charge is 0.119 e. The lowest BCUT2D eigenvalue weighted by molar-refractivity contribution is -0.108. The molecule has 4 nitrogen and oxygen atoms in total. The van der Waals surface area contributed by atoms with Crippen molar-refractivity contribution in [3.8, 4) is 6.07 Å². The molecule has 0 aliphatic carbocycles. The Balaban J connectivity index is 2.02. The van der Waals surface area contributed by atoms with Crippen LogP contribution in [0.5, 0.6) is 0 Å². The van der Waals surface area contributed by atoms with Crippen LogP contribution < -0.4 is 5.32 Å². The molecule has 0 aromatic carbocycles. The maximum Gasteiger partial charge on any atom is 0.119 e. The molecule has 2 aliphatic heterocycles. The zero-order valence-electron chi connectivity index (χ0n) is 10.2. The highest BCUT2D eigenvalue weighted by Crippen LogP contribution is 2.37. The van der Waals surface area contributed by atoms with Crippen molar-refractivity contribution in [2.24, 2.45) is 11.3 Å². The Kier molecular flexibility index (Phi) is 3.48. The van der Waals surface area contributed by atoms with Crippen molar-refractivity contribution >= 4 is 0 Å². The minimum Gasteiger partial charge on any atom is -0.378 e. The van der Waals surface area contributed by atoms with Crippen LogP contribution in [0.15, 0.2) is 0 Å². The van der Waals surface area contributed by atoms with Gasteiger partial charge in [-0.15, -0.1) is 0 Å². The molecule has 0 saturated carbocycles.